The molecular weight excluding hydrogens is 358 g/mol. The van der Waals surface area contributed by atoms with Gasteiger partial charge in [0.05, 0.1) is 6.04 Å². The molecular formula is C17H18BrN3O2. The molecule has 120 valence electrons. The number of hydrogen-bond acceptors (Lipinski definition) is 3. The number of hydrazine groups is 1. The quantitative estimate of drug-likeness (QED) is 0.832. The van der Waals surface area contributed by atoms with Gasteiger partial charge in [0.2, 0.25) is 0 Å². The van der Waals surface area contributed by atoms with Crippen LogP contribution in [0.4, 0.5) is 0 Å². The molecule has 2 amide bonds. The molecule has 6 heteroatoms. The van der Waals surface area contributed by atoms with Crippen molar-refractivity contribution in [1.82, 2.24) is 15.4 Å². The number of nitrogens with one attached hydrogen (secondary N) is 1. The van der Waals surface area contributed by atoms with E-state index < -0.39 is 0 Å². The first-order valence-electron chi connectivity index (χ1n) is 7.33. The zero-order chi connectivity index (χ0) is 16.8. The average Bonchev–Trinajstić information content (AvgIpc) is 2.59. The molecule has 1 aromatic heterocycles. The Kier molecular flexibility index (Phi) is 5.87. The predicted octanol–water partition coefficient (Wildman–Crippen LogP) is 3.43. The highest BCUT2D eigenvalue weighted by Crippen LogP contribution is 2.13. The van der Waals surface area contributed by atoms with Crippen LogP contribution in [0.1, 0.15) is 41.0 Å². The number of aromatic nitrogens is 1. The Morgan fingerprint density at radius 2 is 1.91 bits per heavy atom. The van der Waals surface area contributed by atoms with E-state index in [-0.39, 0.29) is 17.9 Å². The molecule has 1 N–H and O–H groups in total. The van der Waals surface area contributed by atoms with E-state index in [9.17, 15) is 9.59 Å². The summed E-state index contributed by atoms with van der Waals surface area (Å²) >= 11 is 3.34. The van der Waals surface area contributed by atoms with E-state index in [0.29, 0.717) is 11.1 Å². The largest absolute Gasteiger partial charge is 0.272 e. The second kappa shape index (κ2) is 7.87. The van der Waals surface area contributed by atoms with Crippen molar-refractivity contribution in [3.8, 4) is 0 Å². The van der Waals surface area contributed by atoms with Gasteiger partial charge >= 0.3 is 0 Å². The van der Waals surface area contributed by atoms with Gasteiger partial charge in [0.25, 0.3) is 11.8 Å². The summed E-state index contributed by atoms with van der Waals surface area (Å²) in [5.41, 5.74) is 3.68. The second-order valence-corrected chi connectivity index (χ2v) is 6.04. The Bertz CT molecular complexity index is 691. The van der Waals surface area contributed by atoms with Gasteiger partial charge in [-0.05, 0) is 43.7 Å². The number of rotatable bonds is 4. The number of carbonyl (C=O) groups is 2. The lowest BCUT2D eigenvalue weighted by molar-refractivity contribution is 0.0494. The van der Waals surface area contributed by atoms with Gasteiger partial charge in [-0.15, -0.1) is 0 Å². The van der Waals surface area contributed by atoms with Crippen LogP contribution in [-0.2, 0) is 0 Å². The van der Waals surface area contributed by atoms with E-state index in [4.69, 9.17) is 0 Å². The minimum Gasteiger partial charge on any atom is -0.267 e. The van der Waals surface area contributed by atoms with Crippen molar-refractivity contribution in [1.29, 1.82) is 0 Å². The number of hydrogen-bond donors (Lipinski definition) is 1. The van der Waals surface area contributed by atoms with E-state index in [0.717, 1.165) is 10.9 Å². The minimum atomic E-state index is -0.325. The third-order valence-corrected chi connectivity index (χ3v) is 3.98. The summed E-state index contributed by atoms with van der Waals surface area (Å²) in [6.45, 7) is 3.85. The first-order valence-corrected chi connectivity index (χ1v) is 8.12. The second-order valence-electron chi connectivity index (χ2n) is 5.12. The zero-order valence-electron chi connectivity index (χ0n) is 13.0. The van der Waals surface area contributed by atoms with E-state index in [1.54, 1.807) is 42.7 Å². The maximum absolute atomic E-state index is 12.7. The molecule has 0 aliphatic heterocycles. The molecule has 0 saturated carbocycles. The summed E-state index contributed by atoms with van der Waals surface area (Å²) in [5, 5.41) is 1.37. The van der Waals surface area contributed by atoms with Crippen LogP contribution >= 0.6 is 15.9 Å². The van der Waals surface area contributed by atoms with Crippen molar-refractivity contribution in [3.63, 3.8) is 0 Å². The molecule has 0 spiro atoms. The third-order valence-electron chi connectivity index (χ3n) is 3.49. The van der Waals surface area contributed by atoms with Crippen LogP contribution in [-0.4, -0.2) is 27.8 Å². The molecule has 1 heterocycles. The molecule has 1 unspecified atom stereocenters. The van der Waals surface area contributed by atoms with Crippen LogP contribution < -0.4 is 5.43 Å². The lowest BCUT2D eigenvalue weighted by Crippen LogP contribution is -2.50. The summed E-state index contributed by atoms with van der Waals surface area (Å²) in [7, 11) is 0. The minimum absolute atomic E-state index is 0.133. The fourth-order valence-corrected chi connectivity index (χ4v) is 2.38. The van der Waals surface area contributed by atoms with Gasteiger partial charge < -0.3 is 0 Å². The summed E-state index contributed by atoms with van der Waals surface area (Å²) in [5.74, 6) is -0.584. The Labute approximate surface area is 143 Å². The molecule has 0 aliphatic rings. The van der Waals surface area contributed by atoms with E-state index in [1.807, 2.05) is 19.9 Å². The SMILES string of the molecule is CCC(C)N(NC(=O)c1cccc(Br)c1)C(=O)c1ccncc1. The van der Waals surface area contributed by atoms with Crippen LogP contribution in [0.25, 0.3) is 0 Å². The lowest BCUT2D eigenvalue weighted by atomic mass is 10.2. The highest BCUT2D eigenvalue weighted by Gasteiger charge is 2.23. The summed E-state index contributed by atoms with van der Waals surface area (Å²) in [4.78, 5) is 29.0. The molecule has 0 bridgehead atoms. The molecule has 23 heavy (non-hydrogen) atoms. The maximum Gasteiger partial charge on any atom is 0.272 e. The fourth-order valence-electron chi connectivity index (χ4n) is 1.98. The van der Waals surface area contributed by atoms with Gasteiger partial charge in [-0.2, -0.15) is 0 Å². The van der Waals surface area contributed by atoms with Crippen molar-refractivity contribution in [2.24, 2.45) is 0 Å². The van der Waals surface area contributed by atoms with Crippen LogP contribution in [0.5, 0.6) is 0 Å². The van der Waals surface area contributed by atoms with Crippen LogP contribution in [0.15, 0.2) is 53.3 Å². The average molecular weight is 376 g/mol. The zero-order valence-corrected chi connectivity index (χ0v) is 14.6. The molecule has 0 aliphatic carbocycles. The van der Waals surface area contributed by atoms with E-state index in [1.165, 1.54) is 5.01 Å². The monoisotopic (exact) mass is 375 g/mol. The van der Waals surface area contributed by atoms with Crippen molar-refractivity contribution in [2.45, 2.75) is 26.3 Å². The number of carbonyl (C=O) groups excluding carboxylic acids is 2. The standard InChI is InChI=1S/C17H18BrN3O2/c1-3-12(2)21(17(23)13-7-9-19-10-8-13)20-16(22)14-5-4-6-15(18)11-14/h4-12H,3H2,1-2H3,(H,20,22). The number of amides is 2. The first kappa shape index (κ1) is 17.1. The molecule has 1 atom stereocenters. The normalized spacial score (nSPS) is 11.6. The van der Waals surface area contributed by atoms with Crippen molar-refractivity contribution < 1.29 is 9.59 Å². The van der Waals surface area contributed by atoms with Crippen LogP contribution in [0.2, 0.25) is 0 Å². The number of halogens is 1. The highest BCUT2D eigenvalue weighted by molar-refractivity contribution is 9.10. The van der Waals surface area contributed by atoms with Crippen LogP contribution in [0, 0.1) is 0 Å². The van der Waals surface area contributed by atoms with Gasteiger partial charge in [-0.3, -0.25) is 20.0 Å². The molecule has 5 nitrogen and oxygen atoms in total. The Hall–Kier alpha value is -2.21. The van der Waals surface area contributed by atoms with Crippen molar-refractivity contribution in [2.75, 3.05) is 0 Å². The van der Waals surface area contributed by atoms with E-state index >= 15 is 0 Å². The third kappa shape index (κ3) is 4.39. The van der Waals surface area contributed by atoms with Gasteiger partial charge in [0.1, 0.15) is 0 Å². The number of nitrogens with zero attached hydrogens (tertiary/aromatic N) is 2. The van der Waals surface area contributed by atoms with Crippen molar-refractivity contribution in [3.05, 3.63) is 64.4 Å². The maximum atomic E-state index is 12.7. The summed E-state index contributed by atoms with van der Waals surface area (Å²) < 4.78 is 0.806. The summed E-state index contributed by atoms with van der Waals surface area (Å²) in [6.07, 6.45) is 3.83. The number of pyridine rings is 1. The molecule has 0 fully saturated rings. The predicted molar refractivity (Wildman–Crippen MR) is 91.8 cm³/mol. The molecule has 1 aromatic carbocycles. The molecule has 0 radical (unpaired) electrons. The molecule has 0 saturated heterocycles. The lowest BCUT2D eigenvalue weighted by Gasteiger charge is -2.29. The Morgan fingerprint density at radius 3 is 2.52 bits per heavy atom. The molecule has 2 rings (SSSR count). The smallest absolute Gasteiger partial charge is 0.267 e. The van der Waals surface area contributed by atoms with E-state index in [2.05, 4.69) is 26.3 Å². The van der Waals surface area contributed by atoms with Gasteiger partial charge in [-0.1, -0.05) is 28.9 Å². The Morgan fingerprint density at radius 1 is 1.22 bits per heavy atom. The topological polar surface area (TPSA) is 62.3 Å². The fraction of sp³-hybridized carbons (Fsp3) is 0.235. The molecule has 2 aromatic rings. The first-order chi connectivity index (χ1) is 11.0. The van der Waals surface area contributed by atoms with Crippen LogP contribution in [0.3, 0.4) is 0 Å². The Balaban J connectivity index is 2.22. The number of benzene rings is 1. The van der Waals surface area contributed by atoms with Gasteiger partial charge in [-0.25, -0.2) is 5.01 Å². The van der Waals surface area contributed by atoms with Crippen molar-refractivity contribution >= 4 is 27.7 Å². The van der Waals surface area contributed by atoms with Gasteiger partial charge in [0.15, 0.2) is 0 Å². The summed E-state index contributed by atoms with van der Waals surface area (Å²) in [6, 6.07) is 10.1. The highest BCUT2D eigenvalue weighted by atomic mass is 79.9. The van der Waals surface area contributed by atoms with Gasteiger partial charge in [0, 0.05) is 28.0 Å².